The lowest BCUT2D eigenvalue weighted by Gasteiger charge is -2.24. The Morgan fingerprint density at radius 3 is 2.37 bits per heavy atom. The van der Waals surface area contributed by atoms with Gasteiger partial charge in [0.2, 0.25) is 5.91 Å². The molecule has 1 fully saturated rings. The van der Waals surface area contributed by atoms with Crippen molar-refractivity contribution in [1.82, 2.24) is 4.90 Å². The lowest BCUT2D eigenvalue weighted by Crippen LogP contribution is -2.43. The highest BCUT2D eigenvalue weighted by Crippen LogP contribution is 2.34. The van der Waals surface area contributed by atoms with E-state index in [1.54, 1.807) is 18.7 Å². The number of thioether (sulfide) groups is 1. The minimum atomic E-state index is -0.933. The Balaban J connectivity index is 1.69. The van der Waals surface area contributed by atoms with E-state index < -0.39 is 12.0 Å². The maximum Gasteiger partial charge on any atom is 0.326 e. The molecule has 0 spiro atoms. The zero-order valence-corrected chi connectivity index (χ0v) is 16.8. The molecule has 1 aliphatic rings. The summed E-state index contributed by atoms with van der Waals surface area (Å²) in [5.74, 6) is -0.915. The molecule has 0 radical (unpaired) electrons. The minimum Gasteiger partial charge on any atom is -0.480 e. The predicted octanol–water partition coefficient (Wildman–Crippen LogP) is 4.07. The summed E-state index contributed by atoms with van der Waals surface area (Å²) in [6.45, 7) is 2.25. The van der Waals surface area contributed by atoms with Crippen LogP contribution in [0.5, 0.6) is 0 Å². The molecule has 1 N–H and O–H groups in total. The van der Waals surface area contributed by atoms with E-state index in [0.29, 0.717) is 18.7 Å². The van der Waals surface area contributed by atoms with Crippen LogP contribution in [0.25, 0.3) is 11.1 Å². The lowest BCUT2D eigenvalue weighted by atomic mass is 10.1. The molecule has 6 heteroatoms. The summed E-state index contributed by atoms with van der Waals surface area (Å²) in [6.07, 6.45) is 0.464. The Morgan fingerprint density at radius 2 is 1.78 bits per heavy atom. The Hall–Kier alpha value is -1.92. The normalized spacial score (nSPS) is 20.4. The number of carboxylic acids is 1. The van der Waals surface area contributed by atoms with E-state index >= 15 is 0 Å². The summed E-state index contributed by atoms with van der Waals surface area (Å²) in [5, 5.41) is 9.58. The third kappa shape index (κ3) is 4.68. The van der Waals surface area contributed by atoms with Crippen LogP contribution >= 0.6 is 24.4 Å². The standard InChI is InChI=1S/C21H23NO3S2/c1-14(13-26)20(23)22-12-18(11-19(22)21(24)25)27-17-9-7-16(8-10-17)15-5-3-2-4-6-15/h2-10,14,18-19,26H,11-13H2,1H3,(H,24,25)/t14?,18?,19-/m0/s1. The number of carbonyl (C=O) groups excluding carboxylic acids is 1. The van der Waals surface area contributed by atoms with E-state index in [9.17, 15) is 14.7 Å². The molecule has 0 aliphatic carbocycles. The van der Waals surface area contributed by atoms with Crippen molar-refractivity contribution in [2.24, 2.45) is 5.92 Å². The van der Waals surface area contributed by atoms with Crippen molar-refractivity contribution in [2.45, 2.75) is 29.5 Å². The average molecular weight is 402 g/mol. The van der Waals surface area contributed by atoms with Crippen molar-refractivity contribution in [3.63, 3.8) is 0 Å². The summed E-state index contributed by atoms with van der Waals surface area (Å²) in [7, 11) is 0. The molecule has 2 unspecified atom stereocenters. The molecule has 3 rings (SSSR count). The van der Waals surface area contributed by atoms with Crippen molar-refractivity contribution in [1.29, 1.82) is 0 Å². The molecule has 0 aromatic heterocycles. The molecular weight excluding hydrogens is 378 g/mol. The van der Waals surface area contributed by atoms with Gasteiger partial charge in [-0.3, -0.25) is 4.79 Å². The quantitative estimate of drug-likeness (QED) is 0.717. The van der Waals surface area contributed by atoms with Crippen LogP contribution < -0.4 is 0 Å². The van der Waals surface area contributed by atoms with Gasteiger partial charge in [-0.2, -0.15) is 12.6 Å². The number of carboxylic acid groups (broad SMARTS) is 1. The van der Waals surface area contributed by atoms with Crippen molar-refractivity contribution in [3.05, 3.63) is 54.6 Å². The van der Waals surface area contributed by atoms with E-state index in [1.165, 1.54) is 10.5 Å². The number of aliphatic carboxylic acids is 1. The van der Waals surface area contributed by atoms with Gasteiger partial charge in [-0.1, -0.05) is 49.4 Å². The number of carbonyl (C=O) groups is 2. The van der Waals surface area contributed by atoms with E-state index in [-0.39, 0.29) is 17.1 Å². The van der Waals surface area contributed by atoms with Gasteiger partial charge in [0.1, 0.15) is 6.04 Å². The number of benzene rings is 2. The van der Waals surface area contributed by atoms with Crippen molar-refractivity contribution >= 4 is 36.3 Å². The van der Waals surface area contributed by atoms with Gasteiger partial charge in [0, 0.05) is 28.4 Å². The highest BCUT2D eigenvalue weighted by Gasteiger charge is 2.40. The molecule has 1 aliphatic heterocycles. The average Bonchev–Trinajstić information content (AvgIpc) is 3.12. The van der Waals surface area contributed by atoms with Gasteiger partial charge in [-0.15, -0.1) is 11.8 Å². The fourth-order valence-electron chi connectivity index (χ4n) is 3.27. The van der Waals surface area contributed by atoms with Crippen LogP contribution in [-0.4, -0.2) is 45.5 Å². The van der Waals surface area contributed by atoms with E-state index in [1.807, 2.05) is 18.2 Å². The van der Waals surface area contributed by atoms with Gasteiger partial charge in [-0.25, -0.2) is 4.79 Å². The molecular formula is C21H23NO3S2. The molecule has 4 nitrogen and oxygen atoms in total. The molecule has 0 bridgehead atoms. The highest BCUT2D eigenvalue weighted by molar-refractivity contribution is 8.00. The molecule has 3 atom stereocenters. The Bertz CT molecular complexity index is 795. The topological polar surface area (TPSA) is 57.6 Å². The van der Waals surface area contributed by atoms with E-state index in [4.69, 9.17) is 0 Å². The largest absolute Gasteiger partial charge is 0.480 e. The van der Waals surface area contributed by atoms with Crippen LogP contribution in [0.3, 0.4) is 0 Å². The highest BCUT2D eigenvalue weighted by atomic mass is 32.2. The van der Waals surface area contributed by atoms with Crippen LogP contribution in [0.1, 0.15) is 13.3 Å². The Kier molecular flexibility index (Phi) is 6.50. The van der Waals surface area contributed by atoms with Gasteiger partial charge in [-0.05, 0) is 29.7 Å². The summed E-state index contributed by atoms with van der Waals surface area (Å²) in [4.78, 5) is 26.7. The van der Waals surface area contributed by atoms with Crippen molar-refractivity contribution < 1.29 is 14.7 Å². The van der Waals surface area contributed by atoms with Crippen LogP contribution in [-0.2, 0) is 9.59 Å². The second-order valence-corrected chi connectivity index (χ2v) is 8.53. The Labute approximate surface area is 169 Å². The summed E-state index contributed by atoms with van der Waals surface area (Å²) in [5.41, 5.74) is 2.31. The van der Waals surface area contributed by atoms with Gasteiger partial charge in [0.05, 0.1) is 0 Å². The molecule has 2 aromatic carbocycles. The molecule has 1 amide bonds. The zero-order valence-electron chi connectivity index (χ0n) is 15.1. The predicted molar refractivity (Wildman–Crippen MR) is 112 cm³/mol. The lowest BCUT2D eigenvalue weighted by molar-refractivity contribution is -0.149. The molecule has 2 aromatic rings. The first-order valence-electron chi connectivity index (χ1n) is 8.96. The van der Waals surface area contributed by atoms with Crippen LogP contribution in [0.2, 0.25) is 0 Å². The molecule has 0 saturated carbocycles. The summed E-state index contributed by atoms with van der Waals surface area (Å²) >= 11 is 5.81. The minimum absolute atomic E-state index is 0.0738. The van der Waals surface area contributed by atoms with Crippen LogP contribution in [0.4, 0.5) is 0 Å². The van der Waals surface area contributed by atoms with E-state index in [2.05, 4.69) is 49.0 Å². The number of thiol groups is 1. The first kappa shape index (κ1) is 19.8. The summed E-state index contributed by atoms with van der Waals surface area (Å²) < 4.78 is 0. The first-order valence-corrected chi connectivity index (χ1v) is 10.5. The number of hydrogen-bond acceptors (Lipinski definition) is 4. The first-order chi connectivity index (χ1) is 13.0. The fraction of sp³-hybridized carbons (Fsp3) is 0.333. The summed E-state index contributed by atoms with van der Waals surface area (Å²) in [6, 6.07) is 17.7. The maximum atomic E-state index is 12.5. The molecule has 1 saturated heterocycles. The van der Waals surface area contributed by atoms with Gasteiger partial charge in [0.15, 0.2) is 0 Å². The number of nitrogens with zero attached hydrogens (tertiary/aromatic N) is 1. The molecule has 27 heavy (non-hydrogen) atoms. The second kappa shape index (κ2) is 8.85. The Morgan fingerprint density at radius 1 is 1.15 bits per heavy atom. The molecule has 142 valence electrons. The van der Waals surface area contributed by atoms with Crippen LogP contribution in [0.15, 0.2) is 59.5 Å². The fourth-order valence-corrected chi connectivity index (χ4v) is 4.62. The molecule has 1 heterocycles. The maximum absolute atomic E-state index is 12.5. The number of amides is 1. The number of likely N-dealkylation sites (tertiary alicyclic amines) is 1. The van der Waals surface area contributed by atoms with E-state index in [0.717, 1.165) is 10.5 Å². The zero-order chi connectivity index (χ0) is 19.4. The van der Waals surface area contributed by atoms with Gasteiger partial charge >= 0.3 is 5.97 Å². The monoisotopic (exact) mass is 401 g/mol. The van der Waals surface area contributed by atoms with Gasteiger partial charge in [0.25, 0.3) is 0 Å². The SMILES string of the molecule is CC(CS)C(=O)N1CC(Sc2ccc(-c3ccccc3)cc2)C[C@H]1C(=O)O. The van der Waals surface area contributed by atoms with Crippen molar-refractivity contribution in [2.75, 3.05) is 12.3 Å². The third-order valence-electron chi connectivity index (χ3n) is 4.79. The number of rotatable bonds is 6. The second-order valence-electron chi connectivity index (χ2n) is 6.79. The van der Waals surface area contributed by atoms with Crippen LogP contribution in [0, 0.1) is 5.92 Å². The van der Waals surface area contributed by atoms with Gasteiger partial charge < -0.3 is 10.0 Å². The van der Waals surface area contributed by atoms with Crippen molar-refractivity contribution in [3.8, 4) is 11.1 Å². The smallest absolute Gasteiger partial charge is 0.326 e. The number of hydrogen-bond donors (Lipinski definition) is 2. The third-order valence-corrected chi connectivity index (χ3v) is 6.56.